The maximum absolute atomic E-state index is 11.4. The van der Waals surface area contributed by atoms with Gasteiger partial charge in [-0.3, -0.25) is 4.90 Å². The molecule has 0 bridgehead atoms. The molecule has 2 fully saturated rings. The second kappa shape index (κ2) is 4.39. The lowest BCUT2D eigenvalue weighted by Gasteiger charge is -2.43. The molecule has 0 spiro atoms. The molecule has 2 rings (SSSR count). The highest BCUT2D eigenvalue weighted by Gasteiger charge is 2.35. The van der Waals surface area contributed by atoms with Crippen LogP contribution < -0.4 is 5.73 Å². The van der Waals surface area contributed by atoms with Gasteiger partial charge in [-0.2, -0.15) is 0 Å². The second-order valence-corrected chi connectivity index (χ2v) is 6.99. The topological polar surface area (TPSA) is 63.4 Å². The quantitative estimate of drug-likeness (QED) is 0.719. The molecule has 2 N–H and O–H groups in total. The molecule has 2 atom stereocenters. The molecule has 1 heterocycles. The zero-order valence-electron chi connectivity index (χ0n) is 9.06. The lowest BCUT2D eigenvalue weighted by molar-refractivity contribution is 0.0734. The molecule has 2 unspecified atom stereocenters. The Balaban J connectivity index is 1.94. The van der Waals surface area contributed by atoms with E-state index in [1.807, 2.05) is 0 Å². The summed E-state index contributed by atoms with van der Waals surface area (Å²) in [5, 5.41) is 0. The van der Waals surface area contributed by atoms with Crippen molar-refractivity contribution in [3.8, 4) is 0 Å². The molecule has 0 aromatic heterocycles. The van der Waals surface area contributed by atoms with Crippen molar-refractivity contribution in [2.45, 2.75) is 25.3 Å². The zero-order valence-corrected chi connectivity index (χ0v) is 9.88. The van der Waals surface area contributed by atoms with E-state index in [-0.39, 0.29) is 0 Å². The molecule has 1 saturated heterocycles. The van der Waals surface area contributed by atoms with Crippen LogP contribution in [0.15, 0.2) is 0 Å². The van der Waals surface area contributed by atoms with E-state index < -0.39 is 9.84 Å². The third kappa shape index (κ3) is 2.52. The van der Waals surface area contributed by atoms with Crippen LogP contribution in [0.4, 0.5) is 0 Å². The van der Waals surface area contributed by atoms with Crippen LogP contribution in [0.3, 0.4) is 0 Å². The average molecular weight is 232 g/mol. The lowest BCUT2D eigenvalue weighted by Crippen LogP contribution is -2.50. The molecule has 1 aliphatic heterocycles. The number of sulfone groups is 1. The maximum atomic E-state index is 11.4. The van der Waals surface area contributed by atoms with Gasteiger partial charge >= 0.3 is 0 Å². The predicted octanol–water partition coefficient (Wildman–Crippen LogP) is -0.156. The van der Waals surface area contributed by atoms with Gasteiger partial charge in [-0.05, 0) is 38.3 Å². The second-order valence-electron chi connectivity index (χ2n) is 4.68. The zero-order chi connectivity index (χ0) is 10.9. The minimum atomic E-state index is -2.77. The van der Waals surface area contributed by atoms with Crippen molar-refractivity contribution in [1.82, 2.24) is 4.90 Å². The fourth-order valence-electron chi connectivity index (χ4n) is 2.60. The summed E-state index contributed by atoms with van der Waals surface area (Å²) >= 11 is 0. The first kappa shape index (κ1) is 11.4. The largest absolute Gasteiger partial charge is 0.330 e. The Morgan fingerprint density at radius 3 is 2.60 bits per heavy atom. The van der Waals surface area contributed by atoms with Gasteiger partial charge in [-0.1, -0.05) is 0 Å². The molecule has 0 amide bonds. The van der Waals surface area contributed by atoms with Crippen LogP contribution in [0.25, 0.3) is 0 Å². The average Bonchev–Trinajstić information content (AvgIpc) is 2.27. The Kier molecular flexibility index (Phi) is 3.33. The summed E-state index contributed by atoms with van der Waals surface area (Å²) in [6.45, 7) is 2.39. The van der Waals surface area contributed by atoms with Gasteiger partial charge < -0.3 is 5.73 Å². The highest BCUT2D eigenvalue weighted by Crippen LogP contribution is 2.31. The van der Waals surface area contributed by atoms with Gasteiger partial charge in [0.05, 0.1) is 11.5 Å². The van der Waals surface area contributed by atoms with Gasteiger partial charge in [0.2, 0.25) is 0 Å². The highest BCUT2D eigenvalue weighted by molar-refractivity contribution is 7.91. The Morgan fingerprint density at radius 2 is 2.00 bits per heavy atom. The number of rotatable bonds is 2. The number of nitrogens with two attached hydrogens (primary N) is 1. The Hall–Kier alpha value is -0.130. The van der Waals surface area contributed by atoms with Gasteiger partial charge in [0.1, 0.15) is 0 Å². The van der Waals surface area contributed by atoms with E-state index in [1.54, 1.807) is 0 Å². The van der Waals surface area contributed by atoms with Gasteiger partial charge in [0, 0.05) is 12.6 Å². The van der Waals surface area contributed by atoms with E-state index in [9.17, 15) is 8.42 Å². The van der Waals surface area contributed by atoms with Crippen LogP contribution >= 0.6 is 0 Å². The van der Waals surface area contributed by atoms with Crippen molar-refractivity contribution >= 4 is 9.84 Å². The fraction of sp³-hybridized carbons (Fsp3) is 1.00. The lowest BCUT2D eigenvalue weighted by atomic mass is 9.78. The molecule has 0 aromatic rings. The van der Waals surface area contributed by atoms with Crippen LogP contribution in [0, 0.1) is 5.92 Å². The van der Waals surface area contributed by atoms with Crippen molar-refractivity contribution in [2.24, 2.45) is 11.7 Å². The SMILES string of the molecule is NCC1CCC1N1CCCS(=O)(=O)CC1. The van der Waals surface area contributed by atoms with Crippen molar-refractivity contribution in [2.75, 3.05) is 31.1 Å². The minimum Gasteiger partial charge on any atom is -0.330 e. The van der Waals surface area contributed by atoms with Gasteiger partial charge in [0.25, 0.3) is 0 Å². The highest BCUT2D eigenvalue weighted by atomic mass is 32.2. The summed E-state index contributed by atoms with van der Waals surface area (Å²) in [6.07, 6.45) is 3.20. The van der Waals surface area contributed by atoms with Gasteiger partial charge in [0.15, 0.2) is 9.84 Å². The molecule has 1 saturated carbocycles. The summed E-state index contributed by atoms with van der Waals surface area (Å²) < 4.78 is 22.9. The molecular formula is C10H20N2O2S. The van der Waals surface area contributed by atoms with Crippen molar-refractivity contribution in [3.63, 3.8) is 0 Å². The van der Waals surface area contributed by atoms with E-state index in [4.69, 9.17) is 5.73 Å². The number of nitrogens with zero attached hydrogens (tertiary/aromatic N) is 1. The Morgan fingerprint density at radius 1 is 1.20 bits per heavy atom. The summed E-state index contributed by atoms with van der Waals surface area (Å²) in [4.78, 5) is 2.34. The number of hydrogen-bond donors (Lipinski definition) is 1. The van der Waals surface area contributed by atoms with Gasteiger partial charge in [-0.25, -0.2) is 8.42 Å². The van der Waals surface area contributed by atoms with Crippen molar-refractivity contribution < 1.29 is 8.42 Å². The third-order valence-electron chi connectivity index (χ3n) is 3.74. The first-order valence-corrected chi connectivity index (χ1v) is 7.59. The Bertz CT molecular complexity index is 313. The first-order chi connectivity index (χ1) is 7.12. The predicted molar refractivity (Wildman–Crippen MR) is 60.4 cm³/mol. The molecule has 88 valence electrons. The first-order valence-electron chi connectivity index (χ1n) is 5.77. The number of hydrogen-bond acceptors (Lipinski definition) is 4. The van der Waals surface area contributed by atoms with Crippen molar-refractivity contribution in [1.29, 1.82) is 0 Å². The summed E-state index contributed by atoms with van der Waals surface area (Å²) in [6, 6.07) is 0.559. The molecule has 15 heavy (non-hydrogen) atoms. The van der Waals surface area contributed by atoms with Crippen LogP contribution in [0.1, 0.15) is 19.3 Å². The van der Waals surface area contributed by atoms with E-state index in [1.165, 1.54) is 12.8 Å². The standard InChI is InChI=1S/C10H20N2O2S/c11-8-9-2-3-10(9)12-4-1-6-15(13,14)7-5-12/h9-10H,1-8,11H2. The minimum absolute atomic E-state index is 0.334. The molecule has 2 aliphatic rings. The van der Waals surface area contributed by atoms with E-state index in [0.29, 0.717) is 30.0 Å². The Labute approximate surface area is 91.7 Å². The summed E-state index contributed by atoms with van der Waals surface area (Å²) in [5.41, 5.74) is 5.68. The molecule has 0 aromatic carbocycles. The normalized spacial score (nSPS) is 36.9. The molecule has 4 nitrogen and oxygen atoms in total. The molecular weight excluding hydrogens is 212 g/mol. The van der Waals surface area contributed by atoms with Crippen molar-refractivity contribution in [3.05, 3.63) is 0 Å². The van der Waals surface area contributed by atoms with Crippen LogP contribution in [-0.4, -0.2) is 50.5 Å². The van der Waals surface area contributed by atoms with Gasteiger partial charge in [-0.15, -0.1) is 0 Å². The van der Waals surface area contributed by atoms with E-state index in [2.05, 4.69) is 4.90 Å². The summed E-state index contributed by atoms with van der Waals surface area (Å²) in [7, 11) is -2.77. The monoisotopic (exact) mass is 232 g/mol. The molecule has 1 aliphatic carbocycles. The van der Waals surface area contributed by atoms with Crippen LogP contribution in [0.2, 0.25) is 0 Å². The van der Waals surface area contributed by atoms with Crippen LogP contribution in [0.5, 0.6) is 0 Å². The maximum Gasteiger partial charge on any atom is 0.151 e. The van der Waals surface area contributed by atoms with E-state index in [0.717, 1.165) is 19.5 Å². The van der Waals surface area contributed by atoms with E-state index >= 15 is 0 Å². The van der Waals surface area contributed by atoms with Crippen LogP contribution in [-0.2, 0) is 9.84 Å². The fourth-order valence-corrected chi connectivity index (χ4v) is 3.88. The third-order valence-corrected chi connectivity index (χ3v) is 5.45. The molecule has 5 heteroatoms. The molecule has 0 radical (unpaired) electrons. The smallest absolute Gasteiger partial charge is 0.151 e. The summed E-state index contributed by atoms with van der Waals surface area (Å²) in [5.74, 6) is 1.30.